The zero-order valence-corrected chi connectivity index (χ0v) is 6.55. The number of rotatable bonds is 0. The van der Waals surface area contributed by atoms with Crippen molar-refractivity contribution in [2.75, 3.05) is 0 Å². The molecule has 1 radical (unpaired) electrons. The van der Waals surface area contributed by atoms with E-state index in [1.165, 1.54) is 6.20 Å². The van der Waals surface area contributed by atoms with Crippen molar-refractivity contribution in [1.82, 2.24) is 9.97 Å². The SMILES string of the molecule is Cc1cnc([Se])[nH]c1=O. The van der Waals surface area contributed by atoms with Crippen molar-refractivity contribution in [3.8, 4) is 0 Å². The van der Waals surface area contributed by atoms with E-state index in [0.29, 0.717) is 10.3 Å². The summed E-state index contributed by atoms with van der Waals surface area (Å²) in [6.45, 7) is 1.71. The van der Waals surface area contributed by atoms with E-state index in [2.05, 4.69) is 26.0 Å². The fourth-order valence-corrected chi connectivity index (χ4v) is 0.747. The molecule has 0 aliphatic rings. The molecule has 1 rings (SSSR count). The zero-order valence-electron chi connectivity index (χ0n) is 4.84. The molecule has 0 saturated heterocycles. The van der Waals surface area contributed by atoms with Crippen molar-refractivity contribution in [2.45, 2.75) is 6.92 Å². The molecule has 1 aromatic rings. The van der Waals surface area contributed by atoms with Gasteiger partial charge in [-0.25, -0.2) is 0 Å². The minimum absolute atomic E-state index is 0.0845. The number of aromatic nitrogens is 2. The van der Waals surface area contributed by atoms with Crippen LogP contribution in [0.4, 0.5) is 0 Å². The van der Waals surface area contributed by atoms with Crippen molar-refractivity contribution in [2.24, 2.45) is 0 Å². The number of hydrogen-bond acceptors (Lipinski definition) is 2. The predicted octanol–water partition coefficient (Wildman–Crippen LogP) is -1.13. The number of aryl methyl sites for hydroxylation is 1. The molecule has 0 unspecified atom stereocenters. The number of hydrogen-bond donors (Lipinski definition) is 1. The molecule has 0 aromatic carbocycles. The summed E-state index contributed by atoms with van der Waals surface area (Å²) in [7, 11) is 0. The summed E-state index contributed by atoms with van der Waals surface area (Å²) in [6, 6.07) is 0. The van der Waals surface area contributed by atoms with Gasteiger partial charge in [-0.3, -0.25) is 0 Å². The van der Waals surface area contributed by atoms with E-state index >= 15 is 0 Å². The molecule has 3 nitrogen and oxygen atoms in total. The standard InChI is InChI=1S/C5H5N2OSe/c1-3-2-6-5(9)7-4(3)8/h2H,1H3,(H,6,7,8). The van der Waals surface area contributed by atoms with E-state index < -0.39 is 0 Å². The summed E-state index contributed by atoms with van der Waals surface area (Å²) in [5, 5.41) is 0. The average molecular weight is 188 g/mol. The first kappa shape index (κ1) is 6.52. The van der Waals surface area contributed by atoms with Crippen LogP contribution in [0.5, 0.6) is 0 Å². The third-order valence-electron chi connectivity index (χ3n) is 0.954. The van der Waals surface area contributed by atoms with Crippen LogP contribution in [0.15, 0.2) is 11.0 Å². The maximum absolute atomic E-state index is 10.7. The van der Waals surface area contributed by atoms with Crippen LogP contribution in [0.3, 0.4) is 0 Å². The molecule has 47 valence electrons. The third-order valence-corrected chi connectivity index (χ3v) is 1.39. The molecule has 0 saturated carbocycles. The van der Waals surface area contributed by atoms with Crippen LogP contribution in [-0.4, -0.2) is 26.0 Å². The molecule has 1 aromatic heterocycles. The molecule has 0 amide bonds. The Balaban J connectivity index is 3.34. The predicted molar refractivity (Wildman–Crippen MR) is 35.0 cm³/mol. The Kier molecular flexibility index (Phi) is 1.69. The van der Waals surface area contributed by atoms with E-state index in [4.69, 9.17) is 0 Å². The van der Waals surface area contributed by atoms with Gasteiger partial charge in [0, 0.05) is 0 Å². The van der Waals surface area contributed by atoms with Crippen LogP contribution in [0.2, 0.25) is 0 Å². The summed E-state index contributed by atoms with van der Waals surface area (Å²) in [4.78, 5) is 17.1. The summed E-state index contributed by atoms with van der Waals surface area (Å²) < 4.78 is 0.533. The molecule has 0 bridgehead atoms. The van der Waals surface area contributed by atoms with Gasteiger partial charge in [0.1, 0.15) is 0 Å². The Labute approximate surface area is 60.3 Å². The van der Waals surface area contributed by atoms with Crippen LogP contribution < -0.4 is 10.3 Å². The van der Waals surface area contributed by atoms with Crippen LogP contribution in [0.1, 0.15) is 5.56 Å². The zero-order chi connectivity index (χ0) is 6.85. The van der Waals surface area contributed by atoms with Crippen molar-refractivity contribution >= 4 is 20.7 Å². The topological polar surface area (TPSA) is 45.8 Å². The van der Waals surface area contributed by atoms with Crippen LogP contribution >= 0.6 is 0 Å². The van der Waals surface area contributed by atoms with Crippen molar-refractivity contribution in [3.05, 3.63) is 22.1 Å². The molecule has 0 atom stereocenters. The Morgan fingerprint density at radius 1 is 1.78 bits per heavy atom. The van der Waals surface area contributed by atoms with Gasteiger partial charge in [-0.15, -0.1) is 0 Å². The first-order chi connectivity index (χ1) is 4.20. The fraction of sp³-hybridized carbons (Fsp3) is 0.200. The van der Waals surface area contributed by atoms with Crippen LogP contribution in [0.25, 0.3) is 0 Å². The average Bonchev–Trinajstić information content (AvgIpc) is 1.80. The Hall–Kier alpha value is -0.601. The summed E-state index contributed by atoms with van der Waals surface area (Å²) in [5.41, 5.74) is 0.549. The molecular weight excluding hydrogens is 183 g/mol. The second kappa shape index (κ2) is 2.33. The number of nitrogens with one attached hydrogen (secondary N) is 1. The number of aromatic amines is 1. The van der Waals surface area contributed by atoms with Gasteiger partial charge < -0.3 is 0 Å². The maximum atomic E-state index is 10.7. The first-order valence-corrected chi connectivity index (χ1v) is 3.29. The molecule has 0 spiro atoms. The molecule has 0 fully saturated rings. The summed E-state index contributed by atoms with van der Waals surface area (Å²) in [6.07, 6.45) is 1.53. The summed E-state index contributed by atoms with van der Waals surface area (Å²) in [5.74, 6) is 0. The van der Waals surface area contributed by atoms with Gasteiger partial charge in [-0.1, -0.05) is 0 Å². The van der Waals surface area contributed by atoms with Gasteiger partial charge in [-0.05, 0) is 0 Å². The van der Waals surface area contributed by atoms with Gasteiger partial charge in [-0.2, -0.15) is 0 Å². The monoisotopic (exact) mass is 189 g/mol. The van der Waals surface area contributed by atoms with Gasteiger partial charge in [0.15, 0.2) is 0 Å². The normalized spacial score (nSPS) is 9.44. The van der Waals surface area contributed by atoms with E-state index in [9.17, 15) is 4.79 Å². The van der Waals surface area contributed by atoms with E-state index in [1.807, 2.05) is 0 Å². The molecule has 4 heteroatoms. The van der Waals surface area contributed by atoms with E-state index in [-0.39, 0.29) is 5.56 Å². The van der Waals surface area contributed by atoms with Gasteiger partial charge in [0.2, 0.25) is 0 Å². The number of nitrogens with zero attached hydrogens (tertiary/aromatic N) is 1. The van der Waals surface area contributed by atoms with Crippen molar-refractivity contribution < 1.29 is 0 Å². The minimum atomic E-state index is -0.0845. The quantitative estimate of drug-likeness (QED) is 0.524. The second-order valence-electron chi connectivity index (χ2n) is 1.70. The van der Waals surface area contributed by atoms with Crippen molar-refractivity contribution in [3.63, 3.8) is 0 Å². The van der Waals surface area contributed by atoms with Crippen molar-refractivity contribution in [1.29, 1.82) is 0 Å². The second-order valence-corrected chi connectivity index (χ2v) is 2.51. The number of H-pyrrole nitrogens is 1. The molecule has 9 heavy (non-hydrogen) atoms. The van der Waals surface area contributed by atoms with Gasteiger partial charge >= 0.3 is 59.7 Å². The molecule has 1 N–H and O–H groups in total. The Bertz CT molecular complexity index is 268. The molecule has 0 aliphatic carbocycles. The molecule has 0 aliphatic heterocycles. The third kappa shape index (κ3) is 1.40. The van der Waals surface area contributed by atoms with E-state index in [1.54, 1.807) is 6.92 Å². The van der Waals surface area contributed by atoms with Crippen LogP contribution in [0, 0.1) is 6.92 Å². The van der Waals surface area contributed by atoms with Crippen LogP contribution in [-0.2, 0) is 0 Å². The van der Waals surface area contributed by atoms with Gasteiger partial charge in [0.25, 0.3) is 0 Å². The Morgan fingerprint density at radius 2 is 2.44 bits per heavy atom. The fourth-order valence-electron chi connectivity index (χ4n) is 0.442. The summed E-state index contributed by atoms with van der Waals surface area (Å²) >= 11 is 2.60. The van der Waals surface area contributed by atoms with E-state index in [0.717, 1.165) is 0 Å². The Morgan fingerprint density at radius 3 is 2.89 bits per heavy atom. The first-order valence-electron chi connectivity index (χ1n) is 2.43. The van der Waals surface area contributed by atoms with Gasteiger partial charge in [0.05, 0.1) is 0 Å². The molecule has 1 heterocycles. The molecular formula is C5H5N2OSe.